The van der Waals surface area contributed by atoms with Gasteiger partial charge in [0.1, 0.15) is 0 Å². The van der Waals surface area contributed by atoms with E-state index in [0.29, 0.717) is 18.1 Å². The average molecular weight is 325 g/mol. The van der Waals surface area contributed by atoms with Gasteiger partial charge in [0, 0.05) is 16.5 Å². The van der Waals surface area contributed by atoms with Crippen molar-refractivity contribution in [3.8, 4) is 0 Å². The summed E-state index contributed by atoms with van der Waals surface area (Å²) >= 11 is 3.63. The maximum atomic E-state index is 12.6. The van der Waals surface area contributed by atoms with Gasteiger partial charge in [0.15, 0.2) is 5.78 Å². The van der Waals surface area contributed by atoms with Gasteiger partial charge in [0.2, 0.25) is 0 Å². The van der Waals surface area contributed by atoms with Gasteiger partial charge in [-0.2, -0.15) is 0 Å². The smallest absolute Gasteiger partial charge is 0.163 e. The molecule has 0 spiro atoms. The lowest BCUT2D eigenvalue weighted by Crippen LogP contribution is -2.12. The summed E-state index contributed by atoms with van der Waals surface area (Å²) < 4.78 is 1.14. The summed E-state index contributed by atoms with van der Waals surface area (Å²) in [5.74, 6) is 0.818. The van der Waals surface area contributed by atoms with Gasteiger partial charge < -0.3 is 0 Å². The highest BCUT2D eigenvalue weighted by molar-refractivity contribution is 9.10. The van der Waals surface area contributed by atoms with Crippen molar-refractivity contribution in [1.29, 1.82) is 0 Å². The predicted molar refractivity (Wildman–Crippen MR) is 86.1 cm³/mol. The van der Waals surface area contributed by atoms with Crippen LogP contribution >= 0.6 is 15.9 Å². The van der Waals surface area contributed by atoms with Crippen LogP contribution in [0.3, 0.4) is 0 Å². The molecule has 0 aliphatic rings. The molecule has 1 rings (SSSR count). The average Bonchev–Trinajstić information content (AvgIpc) is 2.40. The summed E-state index contributed by atoms with van der Waals surface area (Å²) in [6.45, 7) is 12.6. The van der Waals surface area contributed by atoms with E-state index in [0.717, 1.165) is 34.0 Å². The van der Waals surface area contributed by atoms with E-state index in [1.54, 1.807) is 0 Å². The molecule has 0 aliphatic carbocycles. The highest BCUT2D eigenvalue weighted by atomic mass is 79.9. The van der Waals surface area contributed by atoms with Crippen LogP contribution in [0.4, 0.5) is 0 Å². The lowest BCUT2D eigenvalue weighted by Gasteiger charge is -2.18. The monoisotopic (exact) mass is 324 g/mol. The molecule has 0 bridgehead atoms. The summed E-state index contributed by atoms with van der Waals surface area (Å²) in [7, 11) is 0. The maximum Gasteiger partial charge on any atom is 0.163 e. The van der Waals surface area contributed by atoms with E-state index in [1.807, 2.05) is 0 Å². The highest BCUT2D eigenvalue weighted by Crippen LogP contribution is 2.32. The molecule has 0 saturated heterocycles. The van der Waals surface area contributed by atoms with Crippen LogP contribution in [-0.4, -0.2) is 5.78 Å². The Hall–Kier alpha value is -0.630. The maximum absolute atomic E-state index is 12.6. The second-order valence-electron chi connectivity index (χ2n) is 5.50. The Labute approximate surface area is 125 Å². The van der Waals surface area contributed by atoms with Gasteiger partial charge in [-0.1, -0.05) is 42.6 Å². The minimum absolute atomic E-state index is 0.308. The van der Waals surface area contributed by atoms with Crippen LogP contribution in [0.15, 0.2) is 4.47 Å². The van der Waals surface area contributed by atoms with Crippen molar-refractivity contribution in [3.63, 3.8) is 0 Å². The van der Waals surface area contributed by atoms with Crippen molar-refractivity contribution in [2.24, 2.45) is 5.92 Å². The summed E-state index contributed by atoms with van der Waals surface area (Å²) in [5.41, 5.74) is 5.59. The molecule has 0 saturated carbocycles. The molecule has 106 valence electrons. The molecule has 1 aromatic rings. The fraction of sp³-hybridized carbons (Fsp3) is 0.588. The standard InChI is InChI=1S/C17H25BrO/c1-7-14(8-2)9-15(19)16-10(3)12(5)17(18)13(6)11(16)4/h14H,7-9H2,1-6H3. The Morgan fingerprint density at radius 1 is 0.947 bits per heavy atom. The van der Waals surface area contributed by atoms with Crippen molar-refractivity contribution in [2.75, 3.05) is 0 Å². The first-order chi connectivity index (χ1) is 8.84. The first kappa shape index (κ1) is 16.4. The number of benzene rings is 1. The molecule has 0 unspecified atom stereocenters. The van der Waals surface area contributed by atoms with Gasteiger partial charge in [-0.05, 0) is 55.9 Å². The van der Waals surface area contributed by atoms with Crippen LogP contribution < -0.4 is 0 Å². The molecule has 1 nitrogen and oxygen atoms in total. The Bertz CT molecular complexity index is 456. The Balaban J connectivity index is 3.24. The second kappa shape index (κ2) is 6.69. The third kappa shape index (κ3) is 3.28. The number of halogens is 1. The molecule has 0 amide bonds. The molecule has 19 heavy (non-hydrogen) atoms. The van der Waals surface area contributed by atoms with Crippen molar-refractivity contribution in [1.82, 2.24) is 0 Å². The van der Waals surface area contributed by atoms with Gasteiger partial charge >= 0.3 is 0 Å². The molecule has 1 aromatic carbocycles. The summed E-state index contributed by atoms with van der Waals surface area (Å²) in [6, 6.07) is 0. The van der Waals surface area contributed by atoms with Crippen molar-refractivity contribution >= 4 is 21.7 Å². The largest absolute Gasteiger partial charge is 0.294 e. The van der Waals surface area contributed by atoms with E-state index in [2.05, 4.69) is 57.5 Å². The van der Waals surface area contributed by atoms with Crippen molar-refractivity contribution in [3.05, 3.63) is 32.3 Å². The molecular weight excluding hydrogens is 300 g/mol. The van der Waals surface area contributed by atoms with E-state index in [1.165, 1.54) is 11.1 Å². The highest BCUT2D eigenvalue weighted by Gasteiger charge is 2.20. The second-order valence-corrected chi connectivity index (χ2v) is 6.29. The van der Waals surface area contributed by atoms with Gasteiger partial charge in [-0.25, -0.2) is 0 Å². The quantitative estimate of drug-likeness (QED) is 0.635. The zero-order valence-electron chi connectivity index (χ0n) is 13.0. The van der Waals surface area contributed by atoms with E-state index in [-0.39, 0.29) is 0 Å². The Morgan fingerprint density at radius 3 is 1.74 bits per heavy atom. The SMILES string of the molecule is CCC(CC)CC(=O)c1c(C)c(C)c(Br)c(C)c1C. The molecule has 0 heterocycles. The number of carbonyl (C=O) groups excluding carboxylic acids is 1. The number of Topliss-reactive ketones (excluding diaryl/α,β-unsaturated/α-hetero) is 1. The molecule has 0 N–H and O–H groups in total. The topological polar surface area (TPSA) is 17.1 Å². The fourth-order valence-corrected chi connectivity index (χ4v) is 3.22. The van der Waals surface area contributed by atoms with Gasteiger partial charge in [-0.15, -0.1) is 0 Å². The molecule has 0 radical (unpaired) electrons. The van der Waals surface area contributed by atoms with Crippen molar-refractivity contribution in [2.45, 2.75) is 60.8 Å². The number of carbonyl (C=O) groups is 1. The number of hydrogen-bond donors (Lipinski definition) is 0. The van der Waals surface area contributed by atoms with Crippen LogP contribution in [0.25, 0.3) is 0 Å². The number of rotatable bonds is 5. The Kier molecular flexibility index (Phi) is 5.79. The number of ketones is 1. The lowest BCUT2D eigenvalue weighted by atomic mass is 9.87. The first-order valence-corrected chi connectivity index (χ1v) is 7.93. The van der Waals surface area contributed by atoms with Gasteiger partial charge in [-0.3, -0.25) is 4.79 Å². The van der Waals surface area contributed by atoms with Crippen LogP contribution in [0.2, 0.25) is 0 Å². The fourth-order valence-electron chi connectivity index (χ4n) is 2.63. The molecule has 2 heteroatoms. The zero-order chi connectivity index (χ0) is 14.7. The van der Waals surface area contributed by atoms with Crippen LogP contribution in [0, 0.1) is 33.6 Å². The van der Waals surface area contributed by atoms with Gasteiger partial charge in [0.25, 0.3) is 0 Å². The minimum Gasteiger partial charge on any atom is -0.294 e. The van der Waals surface area contributed by atoms with Crippen LogP contribution in [0.5, 0.6) is 0 Å². The third-order valence-corrected chi connectivity index (χ3v) is 5.63. The van der Waals surface area contributed by atoms with Gasteiger partial charge in [0.05, 0.1) is 0 Å². The zero-order valence-corrected chi connectivity index (χ0v) is 14.6. The Morgan fingerprint density at radius 2 is 1.37 bits per heavy atom. The summed E-state index contributed by atoms with van der Waals surface area (Å²) in [5, 5.41) is 0. The van der Waals surface area contributed by atoms with Crippen LogP contribution in [-0.2, 0) is 0 Å². The third-order valence-electron chi connectivity index (χ3n) is 4.44. The van der Waals surface area contributed by atoms with E-state index < -0.39 is 0 Å². The van der Waals surface area contributed by atoms with Crippen LogP contribution in [0.1, 0.15) is 65.7 Å². The van der Waals surface area contributed by atoms with E-state index >= 15 is 0 Å². The number of hydrogen-bond acceptors (Lipinski definition) is 1. The minimum atomic E-state index is 0.308. The predicted octanol–water partition coefficient (Wildman–Crippen LogP) is 5.69. The molecule has 0 aliphatic heterocycles. The normalized spacial score (nSPS) is 11.2. The van der Waals surface area contributed by atoms with Crippen molar-refractivity contribution < 1.29 is 4.79 Å². The molecule has 0 atom stereocenters. The summed E-state index contributed by atoms with van der Waals surface area (Å²) in [6.07, 6.45) is 2.83. The summed E-state index contributed by atoms with van der Waals surface area (Å²) in [4.78, 5) is 12.6. The van der Waals surface area contributed by atoms with E-state index in [9.17, 15) is 4.79 Å². The lowest BCUT2D eigenvalue weighted by molar-refractivity contribution is 0.0957. The van der Waals surface area contributed by atoms with E-state index in [4.69, 9.17) is 0 Å². The molecular formula is C17H25BrO. The molecule has 0 aromatic heterocycles. The molecule has 0 fully saturated rings. The first-order valence-electron chi connectivity index (χ1n) is 7.14.